The van der Waals surface area contributed by atoms with Crippen LogP contribution < -0.4 is 5.32 Å². The van der Waals surface area contributed by atoms with Crippen LogP contribution in [-0.4, -0.2) is 49.8 Å². The van der Waals surface area contributed by atoms with Crippen LogP contribution in [0.25, 0.3) is 0 Å². The van der Waals surface area contributed by atoms with Crippen molar-refractivity contribution in [3.05, 3.63) is 71.6 Å². The molecule has 0 saturated carbocycles. The number of aromatic nitrogens is 4. The predicted molar refractivity (Wildman–Crippen MR) is 129 cm³/mol. The van der Waals surface area contributed by atoms with Crippen molar-refractivity contribution in [3.8, 4) is 0 Å². The summed E-state index contributed by atoms with van der Waals surface area (Å²) in [6, 6.07) is 10.9. The molecule has 2 aromatic heterocycles. The third-order valence-electron chi connectivity index (χ3n) is 6.55. The van der Waals surface area contributed by atoms with Crippen LogP contribution in [-0.2, 0) is 13.1 Å². The van der Waals surface area contributed by atoms with Gasteiger partial charge in [0.2, 0.25) is 0 Å². The predicted octanol–water partition coefficient (Wildman–Crippen LogP) is 3.79. The van der Waals surface area contributed by atoms with Gasteiger partial charge in [-0.05, 0) is 38.7 Å². The SMILES string of the molecule is CCNC(=NCc1c(C)nn(Cc2ccccc2)c1C)N1CCC(C)C(n2ccnc2)C1. The van der Waals surface area contributed by atoms with Crippen LogP contribution in [0.15, 0.2) is 54.0 Å². The van der Waals surface area contributed by atoms with E-state index in [0.717, 1.165) is 44.3 Å². The average Bonchev–Trinajstić information content (AvgIpc) is 3.42. The van der Waals surface area contributed by atoms with Crippen molar-refractivity contribution in [1.29, 1.82) is 0 Å². The zero-order valence-corrected chi connectivity index (χ0v) is 19.7. The molecular formula is C25H35N7. The van der Waals surface area contributed by atoms with Gasteiger partial charge in [-0.3, -0.25) is 4.68 Å². The van der Waals surface area contributed by atoms with Crippen LogP contribution in [0.3, 0.4) is 0 Å². The average molecular weight is 434 g/mol. The van der Waals surface area contributed by atoms with Gasteiger partial charge < -0.3 is 14.8 Å². The number of guanidine groups is 1. The zero-order chi connectivity index (χ0) is 22.5. The molecule has 7 heteroatoms. The van der Waals surface area contributed by atoms with Gasteiger partial charge in [-0.2, -0.15) is 5.10 Å². The number of hydrogen-bond acceptors (Lipinski definition) is 3. The lowest BCUT2D eigenvalue weighted by molar-refractivity contribution is 0.189. The van der Waals surface area contributed by atoms with E-state index in [2.05, 4.69) is 82.6 Å². The molecule has 1 saturated heterocycles. The number of hydrogen-bond donors (Lipinski definition) is 1. The van der Waals surface area contributed by atoms with Crippen LogP contribution in [0.4, 0.5) is 0 Å². The molecule has 7 nitrogen and oxygen atoms in total. The Bertz CT molecular complexity index is 1020. The molecule has 1 N–H and O–H groups in total. The Kier molecular flexibility index (Phi) is 6.93. The second-order valence-electron chi connectivity index (χ2n) is 8.75. The molecule has 3 heterocycles. The molecule has 1 aliphatic heterocycles. The van der Waals surface area contributed by atoms with Crippen molar-refractivity contribution in [2.75, 3.05) is 19.6 Å². The zero-order valence-electron chi connectivity index (χ0n) is 19.7. The maximum Gasteiger partial charge on any atom is 0.194 e. The summed E-state index contributed by atoms with van der Waals surface area (Å²) in [6.45, 7) is 12.9. The number of nitrogens with zero attached hydrogens (tertiary/aromatic N) is 6. The molecular weight excluding hydrogens is 398 g/mol. The first-order valence-corrected chi connectivity index (χ1v) is 11.6. The van der Waals surface area contributed by atoms with E-state index in [0.29, 0.717) is 18.5 Å². The Morgan fingerprint density at radius 1 is 1.22 bits per heavy atom. The van der Waals surface area contributed by atoms with Gasteiger partial charge in [0.15, 0.2) is 5.96 Å². The van der Waals surface area contributed by atoms with E-state index in [1.807, 2.05) is 18.6 Å². The highest BCUT2D eigenvalue weighted by Gasteiger charge is 2.29. The fourth-order valence-corrected chi connectivity index (χ4v) is 4.55. The van der Waals surface area contributed by atoms with Gasteiger partial charge in [0, 0.05) is 43.3 Å². The molecule has 4 rings (SSSR count). The molecule has 0 radical (unpaired) electrons. The summed E-state index contributed by atoms with van der Waals surface area (Å²) >= 11 is 0. The van der Waals surface area contributed by atoms with E-state index in [-0.39, 0.29) is 0 Å². The minimum atomic E-state index is 0.409. The molecule has 1 fully saturated rings. The fraction of sp³-hybridized carbons (Fsp3) is 0.480. The highest BCUT2D eigenvalue weighted by molar-refractivity contribution is 5.80. The Labute approximate surface area is 191 Å². The first-order chi connectivity index (χ1) is 15.6. The van der Waals surface area contributed by atoms with Crippen molar-refractivity contribution >= 4 is 5.96 Å². The van der Waals surface area contributed by atoms with Gasteiger partial charge in [0.05, 0.1) is 31.2 Å². The van der Waals surface area contributed by atoms with Gasteiger partial charge in [0.25, 0.3) is 0 Å². The Morgan fingerprint density at radius 3 is 2.75 bits per heavy atom. The Balaban J connectivity index is 1.51. The standard InChI is InChI=1S/C25H35N7/c1-5-27-25(30-13-11-19(2)24(17-30)31-14-12-26-18-31)28-15-23-20(3)29-32(21(23)4)16-22-9-7-6-8-10-22/h6-10,12,14,18-19,24H,5,11,13,15-17H2,1-4H3,(H,27,28). The van der Waals surface area contributed by atoms with Crippen molar-refractivity contribution in [3.63, 3.8) is 0 Å². The summed E-state index contributed by atoms with van der Waals surface area (Å²) in [5.74, 6) is 1.60. The molecule has 1 aromatic carbocycles. The van der Waals surface area contributed by atoms with E-state index in [1.54, 1.807) is 0 Å². The first-order valence-electron chi connectivity index (χ1n) is 11.6. The molecule has 1 aliphatic rings. The number of rotatable bonds is 6. The third-order valence-corrected chi connectivity index (χ3v) is 6.55. The van der Waals surface area contributed by atoms with Crippen LogP contribution in [0.1, 0.15) is 48.8 Å². The summed E-state index contributed by atoms with van der Waals surface area (Å²) in [6.07, 6.45) is 7.01. The summed E-state index contributed by atoms with van der Waals surface area (Å²) < 4.78 is 4.34. The third kappa shape index (κ3) is 4.87. The van der Waals surface area contributed by atoms with Crippen LogP contribution >= 0.6 is 0 Å². The van der Waals surface area contributed by atoms with E-state index < -0.39 is 0 Å². The number of aryl methyl sites for hydroxylation is 1. The molecule has 170 valence electrons. The molecule has 0 amide bonds. The molecule has 3 aromatic rings. The summed E-state index contributed by atoms with van der Waals surface area (Å²) in [5.41, 5.74) is 4.72. The molecule has 32 heavy (non-hydrogen) atoms. The van der Waals surface area contributed by atoms with Gasteiger partial charge in [0.1, 0.15) is 0 Å². The quantitative estimate of drug-likeness (QED) is 0.475. The summed E-state index contributed by atoms with van der Waals surface area (Å²) in [7, 11) is 0. The fourth-order valence-electron chi connectivity index (χ4n) is 4.55. The lowest BCUT2D eigenvalue weighted by atomic mass is 9.93. The topological polar surface area (TPSA) is 63.3 Å². The largest absolute Gasteiger partial charge is 0.357 e. The highest BCUT2D eigenvalue weighted by Crippen LogP contribution is 2.27. The number of piperidine rings is 1. The van der Waals surface area contributed by atoms with E-state index in [9.17, 15) is 0 Å². The second kappa shape index (κ2) is 10.0. The van der Waals surface area contributed by atoms with Crippen LogP contribution in [0, 0.1) is 19.8 Å². The van der Waals surface area contributed by atoms with Gasteiger partial charge in [-0.1, -0.05) is 37.3 Å². The lowest BCUT2D eigenvalue weighted by Crippen LogP contribution is -2.49. The summed E-state index contributed by atoms with van der Waals surface area (Å²) in [5, 5.41) is 8.31. The maximum atomic E-state index is 5.04. The van der Waals surface area contributed by atoms with E-state index in [1.165, 1.54) is 16.8 Å². The van der Waals surface area contributed by atoms with Crippen LogP contribution in [0.5, 0.6) is 0 Å². The molecule has 0 bridgehead atoms. The van der Waals surface area contributed by atoms with Crippen molar-refractivity contribution in [2.45, 2.75) is 53.2 Å². The lowest BCUT2D eigenvalue weighted by Gasteiger charge is -2.39. The normalized spacial score (nSPS) is 19.4. The van der Waals surface area contributed by atoms with Crippen LogP contribution in [0.2, 0.25) is 0 Å². The van der Waals surface area contributed by atoms with Crippen molar-refractivity contribution in [1.82, 2.24) is 29.5 Å². The van der Waals surface area contributed by atoms with E-state index in [4.69, 9.17) is 10.1 Å². The number of aliphatic imine (C=N–C) groups is 1. The summed E-state index contributed by atoms with van der Waals surface area (Å²) in [4.78, 5) is 11.7. The molecule has 0 aliphatic carbocycles. The monoisotopic (exact) mass is 433 g/mol. The molecule has 2 atom stereocenters. The molecule has 2 unspecified atom stereocenters. The van der Waals surface area contributed by atoms with Crippen molar-refractivity contribution in [2.24, 2.45) is 10.9 Å². The minimum absolute atomic E-state index is 0.409. The van der Waals surface area contributed by atoms with E-state index >= 15 is 0 Å². The minimum Gasteiger partial charge on any atom is -0.357 e. The number of imidazole rings is 1. The van der Waals surface area contributed by atoms with Gasteiger partial charge >= 0.3 is 0 Å². The Morgan fingerprint density at radius 2 is 2.03 bits per heavy atom. The first kappa shape index (κ1) is 22.1. The van der Waals surface area contributed by atoms with Gasteiger partial charge in [-0.25, -0.2) is 9.98 Å². The van der Waals surface area contributed by atoms with Gasteiger partial charge in [-0.15, -0.1) is 0 Å². The highest BCUT2D eigenvalue weighted by atomic mass is 15.3. The second-order valence-corrected chi connectivity index (χ2v) is 8.75. The smallest absolute Gasteiger partial charge is 0.194 e. The Hall–Kier alpha value is -3.09. The van der Waals surface area contributed by atoms with Crippen molar-refractivity contribution < 1.29 is 0 Å². The number of likely N-dealkylation sites (tertiary alicyclic amines) is 1. The number of benzene rings is 1. The number of nitrogens with one attached hydrogen (secondary N) is 1. The maximum absolute atomic E-state index is 5.04. The molecule has 0 spiro atoms.